The Bertz CT molecular complexity index is 1010. The van der Waals surface area contributed by atoms with E-state index in [9.17, 15) is 9.59 Å². The molecule has 0 aliphatic carbocycles. The summed E-state index contributed by atoms with van der Waals surface area (Å²) in [7, 11) is 1.73. The molecule has 0 aliphatic heterocycles. The average Bonchev–Trinajstić information content (AvgIpc) is 3.01. The number of fused-ring (bicyclic) bond motifs is 1. The van der Waals surface area contributed by atoms with E-state index >= 15 is 0 Å². The lowest BCUT2D eigenvalue weighted by atomic mass is 10.1. The Morgan fingerprint density at radius 2 is 1.92 bits per heavy atom. The number of aromatic nitrogens is 2. The number of benzene rings is 1. The molecule has 3 aromatic rings. The van der Waals surface area contributed by atoms with Gasteiger partial charge in [0.25, 0.3) is 11.5 Å². The maximum Gasteiger partial charge on any atom is 0.275 e. The topological polar surface area (TPSA) is 55.2 Å². The predicted molar refractivity (Wildman–Crippen MR) is 106 cm³/mol. The number of amides is 1. The van der Waals surface area contributed by atoms with E-state index in [4.69, 9.17) is 11.6 Å². The van der Waals surface area contributed by atoms with Gasteiger partial charge in [0.1, 0.15) is 0 Å². The zero-order valence-corrected chi connectivity index (χ0v) is 16.5. The standard InChI is InChI=1S/C19H20ClN3O2S/c1-12(2)10-23-18(24)15-7-5-4-6-14(15)17(21-23)19(25)22(3)11-13-8-9-16(20)26-13/h4-9,12H,10-11H2,1-3H3. The summed E-state index contributed by atoms with van der Waals surface area (Å²) in [5.74, 6) is 0.0264. The fourth-order valence-corrected chi connectivity index (χ4v) is 3.93. The molecule has 7 heteroatoms. The molecule has 1 aromatic carbocycles. The van der Waals surface area contributed by atoms with Gasteiger partial charge >= 0.3 is 0 Å². The number of hydrogen-bond acceptors (Lipinski definition) is 4. The third-order valence-corrected chi connectivity index (χ3v) is 5.19. The second kappa shape index (κ2) is 7.60. The fourth-order valence-electron chi connectivity index (χ4n) is 2.79. The highest BCUT2D eigenvalue weighted by Crippen LogP contribution is 2.23. The summed E-state index contributed by atoms with van der Waals surface area (Å²) in [6.07, 6.45) is 0. The van der Waals surface area contributed by atoms with E-state index in [1.807, 2.05) is 32.0 Å². The van der Waals surface area contributed by atoms with Gasteiger partial charge in [-0.1, -0.05) is 43.6 Å². The maximum absolute atomic E-state index is 13.0. The molecular formula is C19H20ClN3O2S. The third-order valence-electron chi connectivity index (χ3n) is 3.98. The quantitative estimate of drug-likeness (QED) is 0.661. The smallest absolute Gasteiger partial charge is 0.275 e. The summed E-state index contributed by atoms with van der Waals surface area (Å²) >= 11 is 7.41. The summed E-state index contributed by atoms with van der Waals surface area (Å²) in [4.78, 5) is 28.3. The molecule has 0 saturated carbocycles. The average molecular weight is 390 g/mol. The van der Waals surface area contributed by atoms with Crippen LogP contribution in [-0.2, 0) is 13.1 Å². The van der Waals surface area contributed by atoms with Crippen LogP contribution in [0, 0.1) is 5.92 Å². The minimum Gasteiger partial charge on any atom is -0.335 e. The lowest BCUT2D eigenvalue weighted by Gasteiger charge is -2.18. The van der Waals surface area contributed by atoms with E-state index in [1.54, 1.807) is 30.1 Å². The minimum atomic E-state index is -0.219. The zero-order chi connectivity index (χ0) is 18.8. The highest BCUT2D eigenvalue weighted by atomic mass is 35.5. The van der Waals surface area contributed by atoms with Crippen molar-refractivity contribution in [3.63, 3.8) is 0 Å². The Balaban J connectivity index is 2.03. The van der Waals surface area contributed by atoms with Crippen molar-refractivity contribution in [2.45, 2.75) is 26.9 Å². The van der Waals surface area contributed by atoms with Gasteiger partial charge in [0.05, 0.1) is 16.3 Å². The van der Waals surface area contributed by atoms with Crippen LogP contribution in [0.4, 0.5) is 0 Å². The first-order chi connectivity index (χ1) is 12.4. The number of rotatable bonds is 5. The molecular weight excluding hydrogens is 370 g/mol. The van der Waals surface area contributed by atoms with Crippen LogP contribution in [0.15, 0.2) is 41.2 Å². The van der Waals surface area contributed by atoms with Gasteiger partial charge in [-0.05, 0) is 24.1 Å². The van der Waals surface area contributed by atoms with Crippen LogP contribution in [0.1, 0.15) is 29.2 Å². The highest BCUT2D eigenvalue weighted by molar-refractivity contribution is 7.16. The molecule has 0 N–H and O–H groups in total. The Hall–Kier alpha value is -2.18. The largest absolute Gasteiger partial charge is 0.335 e. The Morgan fingerprint density at radius 1 is 1.23 bits per heavy atom. The summed E-state index contributed by atoms with van der Waals surface area (Å²) in [5, 5.41) is 5.49. The van der Waals surface area contributed by atoms with Crippen molar-refractivity contribution in [1.29, 1.82) is 0 Å². The molecule has 5 nitrogen and oxygen atoms in total. The normalized spacial score (nSPS) is 11.3. The summed E-state index contributed by atoms with van der Waals surface area (Å²) in [6.45, 7) is 4.93. The molecule has 26 heavy (non-hydrogen) atoms. The van der Waals surface area contributed by atoms with Crippen LogP contribution < -0.4 is 5.56 Å². The molecule has 0 aliphatic rings. The molecule has 0 unspecified atom stereocenters. The van der Waals surface area contributed by atoms with Crippen LogP contribution in [0.2, 0.25) is 4.34 Å². The molecule has 0 bridgehead atoms. The first-order valence-electron chi connectivity index (χ1n) is 8.36. The van der Waals surface area contributed by atoms with Gasteiger partial charge in [0.15, 0.2) is 5.69 Å². The second-order valence-corrected chi connectivity index (χ2v) is 8.44. The SMILES string of the molecule is CC(C)Cn1nc(C(=O)N(C)Cc2ccc(Cl)s2)c2ccccc2c1=O. The van der Waals surface area contributed by atoms with Crippen LogP contribution in [-0.4, -0.2) is 27.6 Å². The van der Waals surface area contributed by atoms with E-state index < -0.39 is 0 Å². The van der Waals surface area contributed by atoms with Crippen LogP contribution >= 0.6 is 22.9 Å². The number of carbonyl (C=O) groups excluding carboxylic acids is 1. The van der Waals surface area contributed by atoms with Crippen molar-refractivity contribution in [1.82, 2.24) is 14.7 Å². The monoisotopic (exact) mass is 389 g/mol. The molecule has 136 valence electrons. The number of thiophene rings is 1. The summed E-state index contributed by atoms with van der Waals surface area (Å²) < 4.78 is 2.09. The molecule has 0 saturated heterocycles. The van der Waals surface area contributed by atoms with Crippen molar-refractivity contribution in [2.75, 3.05) is 7.05 Å². The minimum absolute atomic E-state index is 0.168. The third kappa shape index (κ3) is 3.81. The number of halogens is 1. The van der Waals surface area contributed by atoms with Crippen LogP contribution in [0.3, 0.4) is 0 Å². The fraction of sp³-hybridized carbons (Fsp3) is 0.316. The van der Waals surface area contributed by atoms with Crippen molar-refractivity contribution in [3.8, 4) is 0 Å². The predicted octanol–water partition coefficient (Wildman–Crippen LogP) is 4.04. The molecule has 0 spiro atoms. The van der Waals surface area contributed by atoms with E-state index in [2.05, 4.69) is 5.10 Å². The van der Waals surface area contributed by atoms with Gasteiger partial charge in [-0.25, -0.2) is 4.68 Å². The molecule has 0 radical (unpaired) electrons. The van der Waals surface area contributed by atoms with Crippen LogP contribution in [0.5, 0.6) is 0 Å². The molecule has 2 heterocycles. The number of carbonyl (C=O) groups is 1. The van der Waals surface area contributed by atoms with Crippen LogP contribution in [0.25, 0.3) is 10.8 Å². The van der Waals surface area contributed by atoms with E-state index in [1.165, 1.54) is 16.0 Å². The van der Waals surface area contributed by atoms with Crippen molar-refractivity contribution < 1.29 is 4.79 Å². The van der Waals surface area contributed by atoms with E-state index in [0.717, 1.165) is 4.88 Å². The zero-order valence-electron chi connectivity index (χ0n) is 14.9. The van der Waals surface area contributed by atoms with Gasteiger partial charge in [0.2, 0.25) is 0 Å². The van der Waals surface area contributed by atoms with E-state index in [-0.39, 0.29) is 17.4 Å². The molecule has 1 amide bonds. The lowest BCUT2D eigenvalue weighted by molar-refractivity contribution is 0.0780. The molecule has 0 atom stereocenters. The Morgan fingerprint density at radius 3 is 2.54 bits per heavy atom. The second-order valence-electron chi connectivity index (χ2n) is 6.64. The first-order valence-corrected chi connectivity index (χ1v) is 9.55. The van der Waals surface area contributed by atoms with Gasteiger partial charge in [-0.15, -0.1) is 11.3 Å². The van der Waals surface area contributed by atoms with Gasteiger partial charge in [-0.2, -0.15) is 5.10 Å². The number of hydrogen-bond donors (Lipinski definition) is 0. The Kier molecular flexibility index (Phi) is 5.44. The highest BCUT2D eigenvalue weighted by Gasteiger charge is 2.20. The van der Waals surface area contributed by atoms with Gasteiger partial charge in [-0.3, -0.25) is 9.59 Å². The van der Waals surface area contributed by atoms with Crippen molar-refractivity contribution in [2.24, 2.45) is 5.92 Å². The van der Waals surface area contributed by atoms with Crippen molar-refractivity contribution in [3.05, 3.63) is 61.7 Å². The summed E-state index contributed by atoms with van der Waals surface area (Å²) in [6, 6.07) is 10.8. The van der Waals surface area contributed by atoms with Gasteiger partial charge in [0, 0.05) is 23.9 Å². The lowest BCUT2D eigenvalue weighted by Crippen LogP contribution is -2.32. The number of nitrogens with zero attached hydrogens (tertiary/aromatic N) is 3. The van der Waals surface area contributed by atoms with Gasteiger partial charge < -0.3 is 4.90 Å². The Labute approximate surface area is 160 Å². The summed E-state index contributed by atoms with van der Waals surface area (Å²) in [5.41, 5.74) is 0.129. The first kappa shape index (κ1) is 18.6. The van der Waals surface area contributed by atoms with Crippen molar-refractivity contribution >= 4 is 39.6 Å². The molecule has 2 aromatic heterocycles. The molecule has 0 fully saturated rings. The van der Waals surface area contributed by atoms with E-state index in [0.29, 0.717) is 33.9 Å². The maximum atomic E-state index is 13.0. The molecule has 3 rings (SSSR count).